The molecule has 0 aliphatic carbocycles. The van der Waals surface area contributed by atoms with Crippen LogP contribution in [-0.4, -0.2) is 22.1 Å². The van der Waals surface area contributed by atoms with Crippen LogP contribution >= 0.6 is 0 Å². The van der Waals surface area contributed by atoms with Gasteiger partial charge in [0.2, 0.25) is 0 Å². The summed E-state index contributed by atoms with van der Waals surface area (Å²) in [6.45, 7) is 7.40. The molecule has 2 N–H and O–H groups in total. The molecule has 0 spiro atoms. The summed E-state index contributed by atoms with van der Waals surface area (Å²) in [6, 6.07) is 8.31. The quantitative estimate of drug-likeness (QED) is 0.613. The molecule has 1 aromatic heterocycles. The Morgan fingerprint density at radius 2 is 1.90 bits per heavy atom. The maximum atomic E-state index is 12.5. The lowest BCUT2D eigenvalue weighted by molar-refractivity contribution is -0.693. The molecule has 0 amide bonds. The third kappa shape index (κ3) is 4.26. The summed E-state index contributed by atoms with van der Waals surface area (Å²) < 4.78 is 1.75. The van der Waals surface area contributed by atoms with E-state index >= 15 is 0 Å². The van der Waals surface area contributed by atoms with Crippen molar-refractivity contribution in [1.29, 1.82) is 0 Å². The van der Waals surface area contributed by atoms with Crippen LogP contribution < -0.4 is 34.9 Å². The molecule has 1 atom stereocenters. The van der Waals surface area contributed by atoms with Crippen molar-refractivity contribution in [3.8, 4) is 0 Å². The summed E-state index contributed by atoms with van der Waals surface area (Å²) in [7, 11) is 0. The summed E-state index contributed by atoms with van der Waals surface area (Å²) >= 11 is 0. The second kappa shape index (κ2) is 8.48. The Morgan fingerprint density at radius 3 is 2.57 bits per heavy atom. The van der Waals surface area contributed by atoms with E-state index in [9.17, 15) is 4.79 Å². The Bertz CT molecular complexity index is 622. The van der Waals surface area contributed by atoms with Gasteiger partial charge in [-0.1, -0.05) is 26.0 Å². The Kier molecular flexibility index (Phi) is 7.31. The van der Waals surface area contributed by atoms with Crippen molar-refractivity contribution in [3.63, 3.8) is 0 Å². The van der Waals surface area contributed by atoms with E-state index in [1.54, 1.807) is 10.9 Å². The zero-order valence-corrected chi connectivity index (χ0v) is 15.1. The van der Waals surface area contributed by atoms with E-state index in [0.717, 1.165) is 24.9 Å². The number of quaternary nitrogens is 1. The average Bonchev–Trinajstić information content (AvgIpc) is 2.48. The highest BCUT2D eigenvalue weighted by atomic mass is 127. The van der Waals surface area contributed by atoms with Gasteiger partial charge in [0, 0.05) is 0 Å². The Balaban J connectivity index is 0.00000220. The molecule has 2 aromatic rings. The summed E-state index contributed by atoms with van der Waals surface area (Å²) in [5.74, 6) is 0. The van der Waals surface area contributed by atoms with E-state index in [0.29, 0.717) is 11.4 Å². The van der Waals surface area contributed by atoms with Crippen LogP contribution in [0.25, 0.3) is 10.9 Å². The molecule has 1 aromatic carbocycles. The maximum Gasteiger partial charge on any atom is 0.261 e. The number of aromatic nitrogens is 2. The summed E-state index contributed by atoms with van der Waals surface area (Å²) in [6.07, 6.45) is 4.00. The number of nitrogens with two attached hydrogens (primary N) is 1. The molecule has 2 rings (SSSR count). The highest BCUT2D eigenvalue weighted by Gasteiger charge is 2.13. The van der Waals surface area contributed by atoms with Crippen LogP contribution in [0.4, 0.5) is 0 Å². The topological polar surface area (TPSA) is 51.5 Å². The molecular formula is C16H24IN3O. The Labute approximate surface area is 143 Å². The average molecular weight is 401 g/mol. The minimum Gasteiger partial charge on any atom is -1.00 e. The van der Waals surface area contributed by atoms with Crippen molar-refractivity contribution in [1.82, 2.24) is 9.55 Å². The molecule has 1 heterocycles. The molecule has 0 aliphatic heterocycles. The molecule has 0 aliphatic rings. The number of rotatable bonds is 6. The highest BCUT2D eigenvalue weighted by molar-refractivity contribution is 5.76. The first-order valence-corrected chi connectivity index (χ1v) is 7.46. The van der Waals surface area contributed by atoms with E-state index in [1.165, 1.54) is 0 Å². The summed E-state index contributed by atoms with van der Waals surface area (Å²) in [5, 5.41) is 3.04. The monoisotopic (exact) mass is 401 g/mol. The molecule has 0 saturated carbocycles. The standard InChI is InChI=1S/C16H23N3O.HI/c1-4-13(5-2)17-10-12(3)19-11-18-15-9-7-6-8-14(15)16(19)20;/h6-9,11-13,17H,4-5,10H2,1-3H3;1H. The molecule has 4 nitrogen and oxygen atoms in total. The Hall–Kier alpha value is -0.950. The number of hydrogen-bond acceptors (Lipinski definition) is 2. The van der Waals surface area contributed by atoms with Crippen LogP contribution in [0.3, 0.4) is 0 Å². The van der Waals surface area contributed by atoms with Crippen LogP contribution in [-0.2, 0) is 0 Å². The van der Waals surface area contributed by atoms with Gasteiger partial charge in [-0.2, -0.15) is 0 Å². The first-order valence-electron chi connectivity index (χ1n) is 7.46. The van der Waals surface area contributed by atoms with Crippen LogP contribution in [0, 0.1) is 0 Å². The predicted molar refractivity (Wildman–Crippen MR) is 81.9 cm³/mol. The minimum absolute atomic E-state index is 0. The van der Waals surface area contributed by atoms with E-state index in [4.69, 9.17) is 0 Å². The number of fused-ring (bicyclic) bond motifs is 1. The van der Waals surface area contributed by atoms with Crippen LogP contribution in [0.5, 0.6) is 0 Å². The molecule has 1 unspecified atom stereocenters. The number of hydrogen-bond donors (Lipinski definition) is 1. The number of para-hydroxylation sites is 1. The fourth-order valence-electron chi connectivity index (χ4n) is 2.52. The lowest BCUT2D eigenvalue weighted by Gasteiger charge is -2.17. The number of nitrogens with zero attached hydrogens (tertiary/aromatic N) is 2. The maximum absolute atomic E-state index is 12.5. The van der Waals surface area contributed by atoms with Crippen molar-refractivity contribution < 1.29 is 29.3 Å². The van der Waals surface area contributed by atoms with Gasteiger partial charge < -0.3 is 29.3 Å². The second-order valence-corrected chi connectivity index (χ2v) is 5.37. The molecule has 0 saturated heterocycles. The molecular weight excluding hydrogens is 377 g/mol. The van der Waals surface area contributed by atoms with Crippen molar-refractivity contribution in [2.24, 2.45) is 0 Å². The molecule has 0 fully saturated rings. The van der Waals surface area contributed by atoms with E-state index in [2.05, 4.69) is 31.1 Å². The number of halogens is 1. The van der Waals surface area contributed by atoms with Crippen LogP contribution in [0.2, 0.25) is 0 Å². The van der Waals surface area contributed by atoms with E-state index < -0.39 is 0 Å². The zero-order valence-electron chi connectivity index (χ0n) is 12.9. The summed E-state index contributed by atoms with van der Waals surface area (Å²) in [4.78, 5) is 16.8. The largest absolute Gasteiger partial charge is 1.00 e. The minimum atomic E-state index is 0. The molecule has 0 bridgehead atoms. The molecule has 21 heavy (non-hydrogen) atoms. The lowest BCUT2D eigenvalue weighted by atomic mass is 10.1. The van der Waals surface area contributed by atoms with Gasteiger partial charge in [-0.05, 0) is 31.9 Å². The van der Waals surface area contributed by atoms with E-state index in [1.807, 2.05) is 24.3 Å². The fraction of sp³-hybridized carbons (Fsp3) is 0.500. The molecule has 0 radical (unpaired) electrons. The van der Waals surface area contributed by atoms with Gasteiger partial charge in [-0.3, -0.25) is 9.36 Å². The SMILES string of the molecule is CCC(CC)[NH2+]CC(C)n1cnc2ccccc2c1=O.[I-]. The predicted octanol–water partition coefficient (Wildman–Crippen LogP) is -1.29. The number of benzene rings is 1. The van der Waals surface area contributed by atoms with Gasteiger partial charge in [0.1, 0.15) is 0 Å². The zero-order chi connectivity index (χ0) is 14.5. The third-order valence-electron chi connectivity index (χ3n) is 4.02. The first-order chi connectivity index (χ1) is 9.67. The van der Waals surface area contributed by atoms with Crippen molar-refractivity contribution in [2.75, 3.05) is 6.54 Å². The van der Waals surface area contributed by atoms with E-state index in [-0.39, 0.29) is 35.6 Å². The van der Waals surface area contributed by atoms with Crippen molar-refractivity contribution >= 4 is 10.9 Å². The van der Waals surface area contributed by atoms with Gasteiger partial charge in [0.05, 0.1) is 35.9 Å². The van der Waals surface area contributed by atoms with Crippen molar-refractivity contribution in [2.45, 2.75) is 45.7 Å². The lowest BCUT2D eigenvalue weighted by Crippen LogP contribution is -3.00. The van der Waals surface area contributed by atoms with Crippen LogP contribution in [0.1, 0.15) is 39.7 Å². The second-order valence-electron chi connectivity index (χ2n) is 5.37. The fourth-order valence-corrected chi connectivity index (χ4v) is 2.52. The van der Waals surface area contributed by atoms with Gasteiger partial charge >= 0.3 is 0 Å². The van der Waals surface area contributed by atoms with Gasteiger partial charge in [0.15, 0.2) is 0 Å². The smallest absolute Gasteiger partial charge is 0.261 e. The summed E-state index contributed by atoms with van der Waals surface area (Å²) in [5.41, 5.74) is 0.825. The van der Waals surface area contributed by atoms with Gasteiger partial charge in [0.25, 0.3) is 5.56 Å². The van der Waals surface area contributed by atoms with Gasteiger partial charge in [-0.25, -0.2) is 4.98 Å². The van der Waals surface area contributed by atoms with Crippen molar-refractivity contribution in [3.05, 3.63) is 40.9 Å². The third-order valence-corrected chi connectivity index (χ3v) is 4.02. The molecule has 5 heteroatoms. The molecule has 116 valence electrons. The first kappa shape index (κ1) is 18.1. The highest BCUT2D eigenvalue weighted by Crippen LogP contribution is 2.07. The Morgan fingerprint density at radius 1 is 1.24 bits per heavy atom. The van der Waals surface area contributed by atoms with Gasteiger partial charge in [-0.15, -0.1) is 0 Å². The van der Waals surface area contributed by atoms with Crippen LogP contribution in [0.15, 0.2) is 35.4 Å². The normalized spacial score (nSPS) is 12.4.